The highest BCUT2D eigenvalue weighted by atomic mass is 15.2. The zero-order valence-corrected chi connectivity index (χ0v) is 10.8. The molecule has 2 rings (SSSR count). The van der Waals surface area contributed by atoms with E-state index in [0.29, 0.717) is 5.82 Å². The molecule has 1 aromatic carbocycles. The molecule has 0 aliphatic rings. The molecule has 0 saturated carbocycles. The van der Waals surface area contributed by atoms with Crippen LogP contribution in [-0.2, 0) is 0 Å². The lowest BCUT2D eigenvalue weighted by Gasteiger charge is -2.20. The second kappa shape index (κ2) is 4.91. The van der Waals surface area contributed by atoms with Crippen molar-refractivity contribution in [3.05, 3.63) is 36.7 Å². The van der Waals surface area contributed by atoms with Gasteiger partial charge in [-0.1, -0.05) is 6.07 Å². The normalized spacial score (nSPS) is 10.2. The van der Waals surface area contributed by atoms with Gasteiger partial charge in [-0.15, -0.1) is 0 Å². The van der Waals surface area contributed by atoms with E-state index in [-0.39, 0.29) is 0 Å². The van der Waals surface area contributed by atoms with E-state index in [1.54, 1.807) is 6.07 Å². The molecule has 0 atom stereocenters. The van der Waals surface area contributed by atoms with Crippen LogP contribution in [0.4, 0.5) is 23.0 Å². The van der Waals surface area contributed by atoms with Gasteiger partial charge in [0.2, 0.25) is 0 Å². The van der Waals surface area contributed by atoms with Gasteiger partial charge in [0.1, 0.15) is 18.0 Å². The van der Waals surface area contributed by atoms with Crippen LogP contribution in [0.2, 0.25) is 0 Å². The summed E-state index contributed by atoms with van der Waals surface area (Å²) in [4.78, 5) is 12.1. The topological polar surface area (TPSA) is 58.3 Å². The lowest BCUT2D eigenvalue weighted by molar-refractivity contribution is 1.08. The quantitative estimate of drug-likeness (QED) is 0.892. The third kappa shape index (κ3) is 2.51. The number of anilines is 4. The van der Waals surface area contributed by atoms with E-state index in [9.17, 15) is 0 Å². The summed E-state index contributed by atoms with van der Waals surface area (Å²) < 4.78 is 0. The van der Waals surface area contributed by atoms with Crippen LogP contribution in [-0.4, -0.2) is 31.1 Å². The number of benzene rings is 1. The maximum Gasteiger partial charge on any atom is 0.138 e. The Kier molecular flexibility index (Phi) is 3.32. The first-order valence-electron chi connectivity index (χ1n) is 5.66. The van der Waals surface area contributed by atoms with Crippen LogP contribution >= 0.6 is 0 Å². The summed E-state index contributed by atoms with van der Waals surface area (Å²) in [7, 11) is 5.99. The number of hydrogen-bond donors (Lipinski definition) is 1. The van der Waals surface area contributed by atoms with Crippen LogP contribution < -0.4 is 15.5 Å². The van der Waals surface area contributed by atoms with Gasteiger partial charge in [-0.3, -0.25) is 0 Å². The van der Waals surface area contributed by atoms with Gasteiger partial charge in [-0.05, 0) is 18.2 Å². The number of hydrogen-bond acceptors (Lipinski definition) is 5. The average molecular weight is 243 g/mol. The summed E-state index contributed by atoms with van der Waals surface area (Å²) in [6.45, 7) is 0. The van der Waals surface area contributed by atoms with Gasteiger partial charge in [0.15, 0.2) is 0 Å². The molecule has 0 aliphatic heterocycles. The Hall–Kier alpha value is -2.30. The first-order chi connectivity index (χ1) is 8.58. The molecular formula is C13H17N5. The molecule has 2 N–H and O–H groups in total. The third-order valence-corrected chi connectivity index (χ3v) is 2.75. The summed E-state index contributed by atoms with van der Waals surface area (Å²) in [5.41, 5.74) is 7.86. The summed E-state index contributed by atoms with van der Waals surface area (Å²) in [6, 6.07) is 9.96. The van der Waals surface area contributed by atoms with E-state index >= 15 is 0 Å². The van der Waals surface area contributed by atoms with Crippen molar-refractivity contribution in [2.24, 2.45) is 0 Å². The number of rotatable bonds is 3. The maximum atomic E-state index is 5.67. The lowest BCUT2D eigenvalue weighted by atomic mass is 10.2. The first kappa shape index (κ1) is 12.2. The molecule has 0 saturated heterocycles. The lowest BCUT2D eigenvalue weighted by Crippen LogP contribution is -2.14. The van der Waals surface area contributed by atoms with Crippen molar-refractivity contribution in [2.75, 3.05) is 36.7 Å². The molecule has 5 nitrogen and oxygen atoms in total. The average Bonchev–Trinajstić information content (AvgIpc) is 2.38. The van der Waals surface area contributed by atoms with Crippen molar-refractivity contribution in [3.63, 3.8) is 0 Å². The van der Waals surface area contributed by atoms with Gasteiger partial charge in [-0.2, -0.15) is 0 Å². The van der Waals surface area contributed by atoms with Gasteiger partial charge < -0.3 is 15.5 Å². The smallest absolute Gasteiger partial charge is 0.138 e. The van der Waals surface area contributed by atoms with Gasteiger partial charge in [0.05, 0.1) is 0 Å². The molecule has 0 aliphatic carbocycles. The van der Waals surface area contributed by atoms with Gasteiger partial charge in [-0.25, -0.2) is 9.97 Å². The number of nitrogen functional groups attached to an aromatic ring is 1. The van der Waals surface area contributed by atoms with E-state index in [2.05, 4.69) is 27.0 Å². The Balaban J connectivity index is 2.33. The monoisotopic (exact) mass is 243 g/mol. The van der Waals surface area contributed by atoms with Gasteiger partial charge in [0, 0.05) is 38.6 Å². The minimum atomic E-state index is 0.468. The number of nitrogens with two attached hydrogens (primary N) is 1. The van der Waals surface area contributed by atoms with Crippen molar-refractivity contribution in [2.45, 2.75) is 0 Å². The van der Waals surface area contributed by atoms with Crippen LogP contribution in [0.15, 0.2) is 36.7 Å². The summed E-state index contributed by atoms with van der Waals surface area (Å²) in [5.74, 6) is 1.24. The molecule has 94 valence electrons. The maximum absolute atomic E-state index is 5.67. The predicted molar refractivity (Wildman–Crippen MR) is 75.3 cm³/mol. The molecule has 0 amide bonds. The highest BCUT2D eigenvalue weighted by Crippen LogP contribution is 2.25. The molecular weight excluding hydrogens is 226 g/mol. The summed E-state index contributed by atoms with van der Waals surface area (Å²) >= 11 is 0. The van der Waals surface area contributed by atoms with E-state index < -0.39 is 0 Å². The minimum absolute atomic E-state index is 0.468. The largest absolute Gasteiger partial charge is 0.384 e. The molecule has 18 heavy (non-hydrogen) atoms. The summed E-state index contributed by atoms with van der Waals surface area (Å²) in [5, 5.41) is 0. The van der Waals surface area contributed by atoms with Crippen molar-refractivity contribution in [1.82, 2.24) is 9.97 Å². The van der Waals surface area contributed by atoms with Crippen molar-refractivity contribution in [1.29, 1.82) is 0 Å². The Morgan fingerprint density at radius 2 is 1.72 bits per heavy atom. The molecule has 0 bridgehead atoms. The predicted octanol–water partition coefficient (Wildman–Crippen LogP) is 1.89. The molecule has 0 spiro atoms. The second-order valence-corrected chi connectivity index (χ2v) is 4.27. The van der Waals surface area contributed by atoms with Crippen LogP contribution in [0.25, 0.3) is 0 Å². The summed E-state index contributed by atoms with van der Waals surface area (Å²) in [6.07, 6.45) is 1.47. The van der Waals surface area contributed by atoms with E-state index in [4.69, 9.17) is 5.73 Å². The first-order valence-corrected chi connectivity index (χ1v) is 5.66. The molecule has 2 aromatic rings. The van der Waals surface area contributed by atoms with Crippen LogP contribution in [0.5, 0.6) is 0 Å². The SMILES string of the molecule is CN(C)c1cccc(N(C)c2cc(N)ncn2)c1. The van der Waals surface area contributed by atoms with Crippen molar-refractivity contribution in [3.8, 4) is 0 Å². The Morgan fingerprint density at radius 1 is 1.00 bits per heavy atom. The molecule has 0 unspecified atom stereocenters. The van der Waals surface area contributed by atoms with E-state index in [1.165, 1.54) is 6.33 Å². The van der Waals surface area contributed by atoms with E-state index in [1.807, 2.05) is 38.2 Å². The highest BCUT2D eigenvalue weighted by molar-refractivity contribution is 5.65. The molecule has 1 heterocycles. The molecule has 0 fully saturated rings. The molecule has 0 radical (unpaired) electrons. The van der Waals surface area contributed by atoms with Crippen molar-refractivity contribution < 1.29 is 0 Å². The zero-order valence-electron chi connectivity index (χ0n) is 10.8. The van der Waals surface area contributed by atoms with Gasteiger partial charge >= 0.3 is 0 Å². The highest BCUT2D eigenvalue weighted by Gasteiger charge is 2.07. The number of aromatic nitrogens is 2. The fourth-order valence-corrected chi connectivity index (χ4v) is 1.66. The molecule has 5 heteroatoms. The van der Waals surface area contributed by atoms with Crippen LogP contribution in [0.3, 0.4) is 0 Å². The standard InChI is InChI=1S/C13H17N5/c1-17(2)10-5-4-6-11(7-10)18(3)13-8-12(14)15-9-16-13/h4-9H,1-3H3,(H2,14,15,16). The molecule has 1 aromatic heterocycles. The minimum Gasteiger partial charge on any atom is -0.384 e. The Labute approximate surface area is 107 Å². The zero-order chi connectivity index (χ0) is 13.1. The third-order valence-electron chi connectivity index (χ3n) is 2.75. The number of nitrogens with zero attached hydrogens (tertiary/aromatic N) is 4. The Morgan fingerprint density at radius 3 is 2.39 bits per heavy atom. The van der Waals surface area contributed by atoms with E-state index in [0.717, 1.165) is 17.2 Å². The second-order valence-electron chi connectivity index (χ2n) is 4.27. The van der Waals surface area contributed by atoms with Crippen molar-refractivity contribution >= 4 is 23.0 Å². The van der Waals surface area contributed by atoms with Crippen LogP contribution in [0.1, 0.15) is 0 Å². The fraction of sp³-hybridized carbons (Fsp3) is 0.231. The van der Waals surface area contributed by atoms with Gasteiger partial charge in [0.25, 0.3) is 0 Å². The Bertz CT molecular complexity index is 538. The van der Waals surface area contributed by atoms with Crippen LogP contribution in [0, 0.1) is 0 Å². The fourth-order valence-electron chi connectivity index (χ4n) is 1.66.